The van der Waals surface area contributed by atoms with Gasteiger partial charge in [0.1, 0.15) is 11.7 Å². The first-order valence-electron chi connectivity index (χ1n) is 18.4. The molecule has 6 aromatic rings. The van der Waals surface area contributed by atoms with Gasteiger partial charge in [-0.05, 0) is 94.3 Å². The number of anilines is 2. The molecule has 0 atom stereocenters. The van der Waals surface area contributed by atoms with E-state index in [1.165, 1.54) is 22.9 Å². The van der Waals surface area contributed by atoms with Crippen molar-refractivity contribution >= 4 is 67.1 Å². The molecule has 5 N–H and O–H groups in total. The van der Waals surface area contributed by atoms with Crippen LogP contribution in [-0.4, -0.2) is 111 Å². The number of rotatable bonds is 5. The van der Waals surface area contributed by atoms with E-state index in [1.54, 1.807) is 12.1 Å². The maximum atomic E-state index is 12.0. The number of piperidine rings is 1. The van der Waals surface area contributed by atoms with Crippen LogP contribution in [-0.2, 0) is 0 Å². The van der Waals surface area contributed by atoms with Crippen LogP contribution in [0.4, 0.5) is 23.0 Å². The second kappa shape index (κ2) is 14.0. The zero-order valence-electron chi connectivity index (χ0n) is 29.7. The molecule has 4 aliphatic rings. The third kappa shape index (κ3) is 6.60. The van der Waals surface area contributed by atoms with Crippen LogP contribution < -0.4 is 21.8 Å². The number of fused-ring (bicyclic) bond motifs is 1. The highest BCUT2D eigenvalue weighted by Crippen LogP contribution is 2.35. The summed E-state index contributed by atoms with van der Waals surface area (Å²) in [6.45, 7) is 7.89. The van der Waals surface area contributed by atoms with Gasteiger partial charge in [0.2, 0.25) is 0 Å². The molecule has 0 radical (unpaired) electrons. The second-order valence-corrected chi connectivity index (χ2v) is 14.3. The summed E-state index contributed by atoms with van der Waals surface area (Å²) in [4.78, 5) is 43.8. The highest BCUT2D eigenvalue weighted by molar-refractivity contribution is 6.13. The molecule has 3 aromatic carbocycles. The van der Waals surface area contributed by atoms with E-state index >= 15 is 0 Å². The molecule has 14 heteroatoms. The van der Waals surface area contributed by atoms with Crippen molar-refractivity contribution in [1.82, 2.24) is 40.1 Å². The quantitative estimate of drug-likeness (QED) is 0.170. The van der Waals surface area contributed by atoms with E-state index in [-0.39, 0.29) is 11.1 Å². The summed E-state index contributed by atoms with van der Waals surface area (Å²) in [5, 5.41) is 24.3. The number of aliphatic imine (C=N–C) groups is 2. The molecule has 0 saturated carbocycles. The number of nitrogens with zero attached hydrogens (tertiary/aromatic N) is 7. The van der Waals surface area contributed by atoms with Crippen LogP contribution in [0.3, 0.4) is 0 Å². The van der Waals surface area contributed by atoms with Crippen molar-refractivity contribution in [3.05, 3.63) is 93.1 Å². The third-order valence-corrected chi connectivity index (χ3v) is 10.8. The van der Waals surface area contributed by atoms with Crippen LogP contribution in [0.5, 0.6) is 0 Å². The molecule has 7 heterocycles. The lowest BCUT2D eigenvalue weighted by molar-refractivity contribution is 0.239. The largest absolute Gasteiger partial charge is 0.361 e. The summed E-state index contributed by atoms with van der Waals surface area (Å²) in [7, 11) is 2.16. The molecule has 2 fully saturated rings. The Hall–Kier alpha value is -5.70. The molecule has 2 saturated heterocycles. The summed E-state index contributed by atoms with van der Waals surface area (Å²) < 4.78 is 0. The van der Waals surface area contributed by atoms with E-state index in [1.807, 2.05) is 24.3 Å². The highest BCUT2D eigenvalue weighted by atomic mass is 16.1. The predicted octanol–water partition coefficient (Wildman–Crippen LogP) is 4.76. The van der Waals surface area contributed by atoms with Gasteiger partial charge >= 0.3 is 0 Å². The summed E-state index contributed by atoms with van der Waals surface area (Å²) in [5.74, 6) is 3.52. The number of para-hydroxylation sites is 1. The Morgan fingerprint density at radius 1 is 0.660 bits per heavy atom. The number of aromatic nitrogens is 5. The standard InChI is InChI=1S/C23H22N6O.C16H20N6O/c30-23-16-5-3-7-19-21(16)22(27-28-23)26-20(25-19)13-29-10-8-14(9-11-29)17-12-24-18-6-2-1-4-15(17)18;1-21-6-3-7-22(9-8-21)10-13-17-12-5-2-4-11-14(12)15(18-13)19-20-16(11)23/h1-7,12,14,24H,8-11,13H2,(H,28,30)(H,25,26,27);2,4-5H,3,6-10H2,1H3,(H,20,23)(H,17,18,19). The molecule has 0 unspecified atom stereocenters. The van der Waals surface area contributed by atoms with Crippen LogP contribution in [0, 0.1) is 0 Å². The van der Waals surface area contributed by atoms with Gasteiger partial charge in [0.15, 0.2) is 11.6 Å². The first-order chi connectivity index (χ1) is 26.0. The van der Waals surface area contributed by atoms with E-state index in [4.69, 9.17) is 0 Å². The van der Waals surface area contributed by atoms with Gasteiger partial charge in [-0.2, -0.15) is 10.2 Å². The average molecular weight is 711 g/mol. The molecular weight excluding hydrogens is 669 g/mol. The maximum absolute atomic E-state index is 12.0. The van der Waals surface area contributed by atoms with E-state index in [0.717, 1.165) is 99.0 Å². The van der Waals surface area contributed by atoms with Gasteiger partial charge in [-0.1, -0.05) is 30.3 Å². The number of nitrogens with one attached hydrogen (secondary N) is 5. The zero-order valence-corrected chi connectivity index (χ0v) is 29.7. The van der Waals surface area contributed by atoms with Gasteiger partial charge in [0.05, 0.1) is 46.0 Å². The zero-order chi connectivity index (χ0) is 35.9. The lowest BCUT2D eigenvalue weighted by Crippen LogP contribution is -2.39. The summed E-state index contributed by atoms with van der Waals surface area (Å²) in [6.07, 6.45) is 5.61. The van der Waals surface area contributed by atoms with E-state index in [0.29, 0.717) is 28.3 Å². The van der Waals surface area contributed by atoms with Crippen molar-refractivity contribution in [2.45, 2.75) is 25.2 Å². The maximum Gasteiger partial charge on any atom is 0.272 e. The highest BCUT2D eigenvalue weighted by Gasteiger charge is 2.25. The van der Waals surface area contributed by atoms with E-state index in [2.05, 4.69) is 98.2 Å². The minimum absolute atomic E-state index is 0.179. The Labute approximate surface area is 305 Å². The average Bonchev–Trinajstić information content (AvgIpc) is 3.51. The van der Waals surface area contributed by atoms with Gasteiger partial charge in [0, 0.05) is 30.2 Å². The number of benzene rings is 3. The van der Waals surface area contributed by atoms with Crippen LogP contribution in [0.1, 0.15) is 30.7 Å². The molecule has 270 valence electrons. The molecule has 4 aliphatic heterocycles. The Morgan fingerprint density at radius 2 is 1.25 bits per heavy atom. The third-order valence-electron chi connectivity index (χ3n) is 10.8. The topological polar surface area (TPSA) is 166 Å². The number of likely N-dealkylation sites (tertiary alicyclic amines) is 1. The number of hydrogen-bond donors (Lipinski definition) is 5. The van der Waals surface area contributed by atoms with Crippen LogP contribution in [0.15, 0.2) is 86.4 Å². The lowest BCUT2D eigenvalue weighted by atomic mass is 9.89. The Balaban J connectivity index is 0.000000146. The second-order valence-electron chi connectivity index (χ2n) is 14.3. The smallest absolute Gasteiger partial charge is 0.272 e. The minimum Gasteiger partial charge on any atom is -0.361 e. The molecule has 3 aromatic heterocycles. The summed E-state index contributed by atoms with van der Waals surface area (Å²) in [5.41, 5.74) is 4.10. The van der Waals surface area contributed by atoms with Gasteiger partial charge in [-0.15, -0.1) is 0 Å². The molecule has 53 heavy (non-hydrogen) atoms. The molecule has 0 aliphatic carbocycles. The number of amidine groups is 2. The molecule has 0 amide bonds. The fourth-order valence-electron chi connectivity index (χ4n) is 8.06. The number of H-pyrrole nitrogens is 3. The van der Waals surface area contributed by atoms with Crippen molar-refractivity contribution in [2.75, 3.05) is 70.0 Å². The number of aromatic amines is 3. The first kappa shape index (κ1) is 33.2. The van der Waals surface area contributed by atoms with Crippen molar-refractivity contribution in [3.8, 4) is 0 Å². The normalized spacial score (nSPS) is 18.1. The summed E-state index contributed by atoms with van der Waals surface area (Å²) >= 11 is 0. The molecule has 0 bridgehead atoms. The number of hydrogen-bond acceptors (Lipinski definition) is 11. The fraction of sp³-hybridized carbons (Fsp3) is 0.333. The minimum atomic E-state index is -0.185. The Kier molecular flexibility index (Phi) is 8.78. The SMILES string of the molecule is CN1CCCN(CC2=Nc3n[nH]c(=O)c4cccc(c34)N2)CC1.O=c1[nH]nc2c3c(cccc13)NC(CN1CCC(c3c[nH]c4ccccc34)CC1)=N2. The van der Waals surface area contributed by atoms with Gasteiger partial charge in [0.25, 0.3) is 11.1 Å². The van der Waals surface area contributed by atoms with Crippen molar-refractivity contribution in [2.24, 2.45) is 9.98 Å². The van der Waals surface area contributed by atoms with Crippen LogP contribution in [0.2, 0.25) is 0 Å². The first-order valence-corrected chi connectivity index (χ1v) is 18.4. The molecule has 0 spiro atoms. The van der Waals surface area contributed by atoms with Gasteiger partial charge in [-0.25, -0.2) is 20.2 Å². The number of likely N-dealkylation sites (N-methyl/N-ethyl adjacent to an activating group) is 1. The van der Waals surface area contributed by atoms with Crippen molar-refractivity contribution in [3.63, 3.8) is 0 Å². The van der Waals surface area contributed by atoms with E-state index in [9.17, 15) is 9.59 Å². The van der Waals surface area contributed by atoms with Crippen LogP contribution in [0.25, 0.3) is 32.4 Å². The van der Waals surface area contributed by atoms with Crippen molar-refractivity contribution < 1.29 is 0 Å². The van der Waals surface area contributed by atoms with Crippen molar-refractivity contribution in [1.29, 1.82) is 0 Å². The molecule has 10 rings (SSSR count). The lowest BCUT2D eigenvalue weighted by Gasteiger charge is -2.32. The fourth-order valence-corrected chi connectivity index (χ4v) is 8.06. The Bertz CT molecular complexity index is 2510. The Morgan fingerprint density at radius 3 is 1.89 bits per heavy atom. The molecular formula is C39H42N12O2. The summed E-state index contributed by atoms with van der Waals surface area (Å²) in [6, 6.07) is 19.9. The monoisotopic (exact) mass is 710 g/mol. The van der Waals surface area contributed by atoms with Gasteiger partial charge in [-0.3, -0.25) is 19.4 Å². The predicted molar refractivity (Wildman–Crippen MR) is 211 cm³/mol. The van der Waals surface area contributed by atoms with Crippen LogP contribution >= 0.6 is 0 Å². The molecule has 14 nitrogen and oxygen atoms in total. The van der Waals surface area contributed by atoms with Gasteiger partial charge < -0.3 is 20.5 Å². The van der Waals surface area contributed by atoms with E-state index < -0.39 is 0 Å².